The monoisotopic (exact) mass is 406 g/mol. The maximum Gasteiger partial charge on any atom is 0.254 e. The molecule has 9 heteroatoms. The molecule has 0 radical (unpaired) electrons. The van der Waals surface area contributed by atoms with Gasteiger partial charge in [-0.2, -0.15) is 9.61 Å². The molecule has 2 fully saturated rings. The lowest BCUT2D eigenvalue weighted by Crippen LogP contribution is -2.19. The fourth-order valence-electron chi connectivity index (χ4n) is 3.45. The number of imide groups is 1. The number of aromatic nitrogens is 3. The van der Waals surface area contributed by atoms with Crippen LogP contribution in [0.5, 0.6) is 0 Å². The van der Waals surface area contributed by atoms with Gasteiger partial charge in [-0.05, 0) is 49.6 Å². The average molecular weight is 406 g/mol. The molecule has 0 spiro atoms. The van der Waals surface area contributed by atoms with Crippen molar-refractivity contribution in [2.75, 3.05) is 10.6 Å². The Hall–Kier alpha value is -3.75. The Bertz CT molecular complexity index is 1210. The van der Waals surface area contributed by atoms with Crippen molar-refractivity contribution in [2.45, 2.75) is 32.2 Å². The number of nitrogens with one attached hydrogen (secondary N) is 3. The summed E-state index contributed by atoms with van der Waals surface area (Å²) in [5.41, 5.74) is 2.89. The van der Waals surface area contributed by atoms with E-state index < -0.39 is 5.91 Å². The highest BCUT2D eigenvalue weighted by Gasteiger charge is 2.25. The van der Waals surface area contributed by atoms with E-state index in [9.17, 15) is 14.0 Å². The van der Waals surface area contributed by atoms with Crippen LogP contribution in [-0.4, -0.2) is 32.5 Å². The van der Waals surface area contributed by atoms with Gasteiger partial charge in [-0.1, -0.05) is 0 Å². The van der Waals surface area contributed by atoms with Gasteiger partial charge in [-0.3, -0.25) is 14.9 Å². The van der Waals surface area contributed by atoms with Gasteiger partial charge in [0.2, 0.25) is 5.91 Å². The lowest BCUT2D eigenvalue weighted by molar-refractivity contribution is -0.124. The Morgan fingerprint density at radius 3 is 2.77 bits per heavy atom. The minimum absolute atomic E-state index is 0.0316. The number of halogens is 1. The lowest BCUT2D eigenvalue weighted by Gasteiger charge is -2.12. The molecule has 152 valence electrons. The molecule has 1 aromatic carbocycles. The van der Waals surface area contributed by atoms with Crippen LogP contribution in [0.4, 0.5) is 21.7 Å². The third kappa shape index (κ3) is 3.61. The van der Waals surface area contributed by atoms with Crippen LogP contribution in [0.3, 0.4) is 0 Å². The van der Waals surface area contributed by atoms with E-state index in [0.717, 1.165) is 24.2 Å². The van der Waals surface area contributed by atoms with Gasteiger partial charge in [-0.25, -0.2) is 9.37 Å². The molecule has 1 aliphatic carbocycles. The lowest BCUT2D eigenvalue weighted by atomic mass is 10.1. The van der Waals surface area contributed by atoms with Gasteiger partial charge in [0.25, 0.3) is 5.91 Å². The normalized spacial score (nSPS) is 17.6. The summed E-state index contributed by atoms with van der Waals surface area (Å²) in [6.45, 7) is 1.82. The molecule has 1 aliphatic heterocycles. The summed E-state index contributed by atoms with van der Waals surface area (Å²) < 4.78 is 15.5. The van der Waals surface area contributed by atoms with Crippen molar-refractivity contribution in [2.24, 2.45) is 0 Å². The zero-order valence-electron chi connectivity index (χ0n) is 16.2. The van der Waals surface area contributed by atoms with E-state index in [2.05, 4.69) is 26.0 Å². The predicted octanol–water partition coefficient (Wildman–Crippen LogP) is 2.92. The number of carbonyl (C=O) groups excluding carboxylic acids is 2. The first-order valence-corrected chi connectivity index (χ1v) is 9.69. The SMILES string of the molecule is Cc1cc(F)cc(Nc2cc(NC3CC3)n3ncc(/C=C4\CC(=O)NC4=O)c3n2)c1. The molecule has 3 aromatic rings. The zero-order valence-corrected chi connectivity index (χ0v) is 16.2. The van der Waals surface area contributed by atoms with Gasteiger partial charge in [0.1, 0.15) is 17.5 Å². The van der Waals surface area contributed by atoms with Crippen molar-refractivity contribution in [3.8, 4) is 0 Å². The highest BCUT2D eigenvalue weighted by atomic mass is 19.1. The maximum atomic E-state index is 13.8. The van der Waals surface area contributed by atoms with Gasteiger partial charge in [-0.15, -0.1) is 0 Å². The van der Waals surface area contributed by atoms with Crippen LogP contribution in [0, 0.1) is 12.7 Å². The molecule has 30 heavy (non-hydrogen) atoms. The van der Waals surface area contributed by atoms with Crippen molar-refractivity contribution in [1.29, 1.82) is 0 Å². The Morgan fingerprint density at radius 1 is 1.23 bits per heavy atom. The minimum atomic E-state index is -0.403. The highest BCUT2D eigenvalue weighted by Crippen LogP contribution is 2.29. The first-order valence-electron chi connectivity index (χ1n) is 9.69. The third-order valence-corrected chi connectivity index (χ3v) is 4.97. The van der Waals surface area contributed by atoms with E-state index in [0.29, 0.717) is 34.3 Å². The average Bonchev–Trinajstić information content (AvgIpc) is 3.30. The second kappa shape index (κ2) is 6.94. The fraction of sp³-hybridized carbons (Fsp3) is 0.238. The number of aryl methyl sites for hydroxylation is 1. The standard InChI is InChI=1S/C21H19FN6O2/c1-11-4-14(22)8-16(5-11)24-17-9-18(25-15-2-3-15)28-20(26-17)13(10-23-28)6-12-7-19(29)27-21(12)30/h4-6,8-10,15,25H,2-3,7H2,1H3,(H,24,26)(H,27,29,30)/b12-6+. The summed E-state index contributed by atoms with van der Waals surface area (Å²) >= 11 is 0. The Kier molecular flexibility index (Phi) is 4.23. The third-order valence-electron chi connectivity index (χ3n) is 4.97. The number of hydrogen-bond donors (Lipinski definition) is 3. The second-order valence-corrected chi connectivity index (χ2v) is 7.65. The molecule has 3 N–H and O–H groups in total. The molecule has 0 unspecified atom stereocenters. The number of rotatable bonds is 5. The molecular formula is C21H19FN6O2. The van der Waals surface area contributed by atoms with E-state index in [1.54, 1.807) is 16.8 Å². The van der Waals surface area contributed by atoms with E-state index in [1.165, 1.54) is 12.1 Å². The molecule has 2 aromatic heterocycles. The first kappa shape index (κ1) is 18.3. The van der Waals surface area contributed by atoms with Gasteiger partial charge < -0.3 is 10.6 Å². The van der Waals surface area contributed by atoms with Crippen LogP contribution >= 0.6 is 0 Å². The maximum absolute atomic E-state index is 13.8. The van der Waals surface area contributed by atoms with Crippen molar-refractivity contribution < 1.29 is 14.0 Å². The predicted molar refractivity (Wildman–Crippen MR) is 110 cm³/mol. The van der Waals surface area contributed by atoms with Crippen molar-refractivity contribution >= 4 is 40.9 Å². The minimum Gasteiger partial charge on any atom is -0.367 e. The van der Waals surface area contributed by atoms with Gasteiger partial charge in [0.15, 0.2) is 5.65 Å². The number of carbonyl (C=O) groups is 2. The molecule has 5 rings (SSSR count). The van der Waals surface area contributed by atoms with Crippen molar-refractivity contribution in [3.63, 3.8) is 0 Å². The quantitative estimate of drug-likeness (QED) is 0.445. The van der Waals surface area contributed by atoms with E-state index in [-0.39, 0.29) is 18.1 Å². The summed E-state index contributed by atoms with van der Waals surface area (Å²) in [7, 11) is 0. The topological polar surface area (TPSA) is 100 Å². The van der Waals surface area contributed by atoms with E-state index >= 15 is 0 Å². The van der Waals surface area contributed by atoms with E-state index in [1.807, 2.05) is 19.1 Å². The Balaban J connectivity index is 1.58. The van der Waals surface area contributed by atoms with Crippen molar-refractivity contribution in [1.82, 2.24) is 19.9 Å². The number of anilines is 3. The summed E-state index contributed by atoms with van der Waals surface area (Å²) in [6, 6.07) is 6.89. The van der Waals surface area contributed by atoms with Gasteiger partial charge in [0.05, 0.1) is 12.6 Å². The van der Waals surface area contributed by atoms with Gasteiger partial charge in [0, 0.05) is 28.9 Å². The molecule has 3 heterocycles. The van der Waals surface area contributed by atoms with Crippen LogP contribution in [0.25, 0.3) is 11.7 Å². The summed E-state index contributed by atoms with van der Waals surface area (Å²) in [6.07, 6.45) is 5.43. The highest BCUT2D eigenvalue weighted by molar-refractivity contribution is 6.15. The molecule has 1 saturated heterocycles. The molecule has 8 nitrogen and oxygen atoms in total. The van der Waals surface area contributed by atoms with Crippen LogP contribution in [-0.2, 0) is 9.59 Å². The van der Waals surface area contributed by atoms with Crippen molar-refractivity contribution in [3.05, 3.63) is 53.0 Å². The largest absolute Gasteiger partial charge is 0.367 e. The van der Waals surface area contributed by atoms with Crippen LogP contribution in [0.1, 0.15) is 30.4 Å². The molecule has 0 bridgehead atoms. The number of amides is 2. The smallest absolute Gasteiger partial charge is 0.254 e. The summed E-state index contributed by atoms with van der Waals surface area (Å²) in [5, 5.41) is 13.3. The van der Waals surface area contributed by atoms with E-state index in [4.69, 9.17) is 0 Å². The summed E-state index contributed by atoms with van der Waals surface area (Å²) in [4.78, 5) is 28.1. The Labute approximate surface area is 171 Å². The fourth-order valence-corrected chi connectivity index (χ4v) is 3.45. The van der Waals surface area contributed by atoms with Crippen LogP contribution in [0.15, 0.2) is 36.0 Å². The first-order chi connectivity index (χ1) is 14.4. The summed E-state index contributed by atoms with van der Waals surface area (Å²) in [5.74, 6) is 0.204. The number of fused-ring (bicyclic) bond motifs is 1. The molecule has 2 amide bonds. The molecule has 2 aliphatic rings. The van der Waals surface area contributed by atoms with Crippen LogP contribution < -0.4 is 16.0 Å². The Morgan fingerprint density at radius 2 is 2.07 bits per heavy atom. The van der Waals surface area contributed by atoms with Gasteiger partial charge >= 0.3 is 0 Å². The second-order valence-electron chi connectivity index (χ2n) is 7.65. The number of nitrogens with zero attached hydrogens (tertiary/aromatic N) is 3. The number of benzene rings is 1. The van der Waals surface area contributed by atoms with Crippen LogP contribution in [0.2, 0.25) is 0 Å². The molecular weight excluding hydrogens is 387 g/mol. The molecule has 1 saturated carbocycles. The zero-order chi connectivity index (χ0) is 20.8. The number of hydrogen-bond acceptors (Lipinski definition) is 6. The molecule has 0 atom stereocenters.